The number of esters is 1. The Morgan fingerprint density at radius 2 is 0.572 bits per heavy atom. The van der Waals surface area contributed by atoms with Crippen LogP contribution in [0.15, 0.2) is 158 Å². The number of anilines is 6. The minimum Gasteiger partial charge on any atom is -0.492 e. The minimum atomic E-state index is -0.497. The van der Waals surface area contributed by atoms with Crippen molar-refractivity contribution in [3.05, 3.63) is 263 Å². The molecule has 23 nitrogen and oxygen atoms in total. The predicted octanol–water partition coefficient (Wildman–Crippen LogP) is 25.5. The van der Waals surface area contributed by atoms with Crippen LogP contribution in [0.3, 0.4) is 0 Å². The van der Waals surface area contributed by atoms with Gasteiger partial charge in [0, 0.05) is 95.9 Å². The van der Waals surface area contributed by atoms with E-state index >= 15 is 0 Å². The Bertz CT molecular complexity index is 5150. The van der Waals surface area contributed by atoms with Gasteiger partial charge in [-0.1, -0.05) is 214 Å². The van der Waals surface area contributed by atoms with E-state index in [0.29, 0.717) is 112 Å². The monoisotopic (exact) mass is 2110 g/mol. The molecule has 0 unspecified atom stereocenters. The van der Waals surface area contributed by atoms with Crippen molar-refractivity contribution >= 4 is 203 Å². The lowest BCUT2D eigenvalue weighted by molar-refractivity contribution is -0.135. The van der Waals surface area contributed by atoms with Gasteiger partial charge in [0.15, 0.2) is 0 Å². The first-order valence-electron chi connectivity index (χ1n) is 45.9. The Balaban J connectivity index is 0.000000242. The summed E-state index contributed by atoms with van der Waals surface area (Å²) in [5.41, 5.74) is 12.7. The van der Waals surface area contributed by atoms with Crippen molar-refractivity contribution in [3.63, 3.8) is 0 Å². The zero-order valence-electron chi connectivity index (χ0n) is 81.4. The molecule has 0 aromatic heterocycles. The van der Waals surface area contributed by atoms with E-state index in [4.69, 9.17) is 142 Å². The molecule has 4 heterocycles. The Morgan fingerprint density at radius 1 is 0.297 bits per heavy atom. The van der Waals surface area contributed by atoms with E-state index in [1.54, 1.807) is 92.6 Å². The third kappa shape index (κ3) is 47.6. The molecule has 6 N–H and O–H groups in total. The maximum atomic E-state index is 11.9. The summed E-state index contributed by atoms with van der Waals surface area (Å²) in [6.45, 7) is 27.6. The maximum Gasteiger partial charge on any atom is 0.411 e. The lowest BCUT2D eigenvalue weighted by Gasteiger charge is -2.25. The van der Waals surface area contributed by atoms with Crippen LogP contribution in [0.1, 0.15) is 127 Å². The summed E-state index contributed by atoms with van der Waals surface area (Å²) >= 11 is 66.0. The van der Waals surface area contributed by atoms with Crippen LogP contribution >= 0.6 is 128 Å². The van der Waals surface area contributed by atoms with Crippen molar-refractivity contribution in [2.75, 3.05) is 179 Å². The molecular weight excluding hydrogens is 1980 g/mol. The number of ether oxygens (including phenoxy) is 3. The number of rotatable bonds is 25. The summed E-state index contributed by atoms with van der Waals surface area (Å²) in [4.78, 5) is 96.4. The van der Waals surface area contributed by atoms with Crippen LogP contribution < -0.4 is 41.4 Å². The van der Waals surface area contributed by atoms with Gasteiger partial charge < -0.3 is 50.6 Å². The molecule has 0 aliphatic carbocycles. The molecule has 750 valence electrons. The molecule has 6 amide bonds. The van der Waals surface area contributed by atoms with Crippen molar-refractivity contribution in [2.45, 2.75) is 139 Å². The normalized spacial score (nSPS) is 13.7. The summed E-state index contributed by atoms with van der Waals surface area (Å²) in [7, 11) is 11.3. The van der Waals surface area contributed by atoms with Gasteiger partial charge in [-0.2, -0.15) is 0 Å². The summed E-state index contributed by atoms with van der Waals surface area (Å²) in [5, 5.41) is 23.6. The highest BCUT2D eigenvalue weighted by Gasteiger charge is 2.21. The van der Waals surface area contributed by atoms with Crippen LogP contribution in [-0.2, 0) is 40.1 Å². The number of aryl methyl sites for hydroxylation is 5. The van der Waals surface area contributed by atoms with Crippen molar-refractivity contribution in [2.24, 2.45) is 0 Å². The molecule has 0 radical (unpaired) electrons. The number of likely N-dealkylation sites (tertiary alicyclic amines) is 4. The van der Waals surface area contributed by atoms with Crippen LogP contribution in [0.4, 0.5) is 38.9 Å². The standard InChI is InChI=1S/C15H14ClNO2.2C14H18Cl2N2O.2C14H19ClN2O.C11H13Cl2NO2.C11H15ClN2O.C11H16ClNO/c1-11-7-8-13(9-14(11)16)17-15(18)19-10-12-5-3-2-4-6-12;2*1-10-12(15)7-11(8-13(10)16)17-14(19)9-18-5-3-2-4-6-18;2*1-11-5-6-12(9-13(11)15)16-14(18)10-17-7-3-2-4-8-17;1-7-9(12)4-8(5-10(7)13)16-11(15)6-14(2)3;1-8-4-5-9(6-10(8)12)13-11(15)7-14(2)3;1-9-4-5-10(8-11(9)12)14-7-6-13(2)3/h2-9H,10H2,1H3,(H,17,18);2*7-8H,2-6,9H2,1H3,(H,17,19);2*5-6,9H,2-4,7-8,10H2,1H3,(H,16,18);4-5H,6H2,1-3H3;4-6H,7H2,1-3H3,(H,13,15);4-5,8H,6-7H2,1-3H3. The molecule has 13 rings (SSSR count). The Labute approximate surface area is 871 Å². The minimum absolute atomic E-state index is 0.0158. The van der Waals surface area contributed by atoms with E-state index in [1.165, 1.54) is 77.0 Å². The van der Waals surface area contributed by atoms with Gasteiger partial charge in [0.2, 0.25) is 29.5 Å². The van der Waals surface area contributed by atoms with Crippen molar-refractivity contribution in [1.29, 1.82) is 0 Å². The van der Waals surface area contributed by atoms with Crippen LogP contribution in [0.2, 0.25) is 55.2 Å². The molecule has 0 spiro atoms. The number of piperidine rings is 4. The third-order valence-electron chi connectivity index (χ3n) is 21.7. The van der Waals surface area contributed by atoms with E-state index < -0.39 is 6.09 Å². The fourth-order valence-electron chi connectivity index (χ4n) is 13.7. The molecule has 0 bridgehead atoms. The second kappa shape index (κ2) is 63.6. The zero-order valence-corrected chi connectivity index (χ0v) is 89.7. The van der Waals surface area contributed by atoms with Crippen molar-refractivity contribution in [3.8, 4) is 11.5 Å². The van der Waals surface area contributed by atoms with Gasteiger partial charge >= 0.3 is 12.1 Å². The molecule has 4 aliphatic rings. The number of hydrogen-bond acceptors (Lipinski definition) is 17. The highest BCUT2D eigenvalue weighted by molar-refractivity contribution is 6.38. The van der Waals surface area contributed by atoms with E-state index in [2.05, 4.69) is 56.4 Å². The number of benzene rings is 9. The maximum absolute atomic E-state index is 11.9. The van der Waals surface area contributed by atoms with Gasteiger partial charge in [0.05, 0.1) is 39.3 Å². The van der Waals surface area contributed by atoms with Crippen molar-refractivity contribution < 1.29 is 47.8 Å². The number of nitrogens with zero attached hydrogens (tertiary/aromatic N) is 7. The van der Waals surface area contributed by atoms with Gasteiger partial charge in [-0.05, 0) is 349 Å². The number of nitrogens with one attached hydrogen (secondary N) is 6. The van der Waals surface area contributed by atoms with Gasteiger partial charge in [-0.3, -0.25) is 58.6 Å². The number of amides is 6. The SMILES string of the molecule is Cc1c(Cl)cc(NC(=O)CN2CCCCC2)cc1Cl.Cc1c(Cl)cc(NC(=O)CN2CCCCC2)cc1Cl.Cc1c(Cl)cc(OC(=O)CN(C)C)cc1Cl.Cc1ccc(NC(=O)CN(C)C)cc1Cl.Cc1ccc(NC(=O)CN2CCCCC2)cc1Cl.Cc1ccc(NC(=O)CN2CCCCC2)cc1Cl.Cc1ccc(NC(=O)OCc2ccccc2)cc1Cl.Cc1ccc(OCCN(C)C)cc1Cl. The summed E-state index contributed by atoms with van der Waals surface area (Å²) < 4.78 is 15.7. The van der Waals surface area contributed by atoms with Crippen LogP contribution in [0.5, 0.6) is 11.5 Å². The fraction of sp³-hybridized carbons (Fsp3) is 0.413. The molecule has 34 heteroatoms. The predicted molar refractivity (Wildman–Crippen MR) is 576 cm³/mol. The topological polar surface area (TPSA) is 242 Å². The molecule has 4 aliphatic heterocycles. The fourth-order valence-corrected chi connectivity index (χ4v) is 16.0. The summed E-state index contributed by atoms with van der Waals surface area (Å²) in [6.07, 6.45) is 14.1. The number of hydrogen-bond donors (Lipinski definition) is 6. The van der Waals surface area contributed by atoms with Gasteiger partial charge in [-0.25, -0.2) is 4.79 Å². The second-order valence-corrected chi connectivity index (χ2v) is 39.3. The van der Waals surface area contributed by atoms with Crippen LogP contribution in [-0.4, -0.2) is 223 Å². The highest BCUT2D eigenvalue weighted by Crippen LogP contribution is 2.33. The smallest absolute Gasteiger partial charge is 0.411 e. The van der Waals surface area contributed by atoms with Crippen LogP contribution in [0, 0.1) is 55.4 Å². The summed E-state index contributed by atoms with van der Waals surface area (Å²) in [5.74, 6) is 0.861. The zero-order chi connectivity index (χ0) is 102. The first-order valence-corrected chi connectivity index (χ1v) is 50.0. The molecule has 138 heavy (non-hydrogen) atoms. The molecular formula is C104H132Cl11N13O10. The van der Waals surface area contributed by atoms with E-state index in [0.717, 1.165) is 137 Å². The second-order valence-electron chi connectivity index (χ2n) is 34.8. The Hall–Kier alpha value is -8.22. The molecule has 9 aromatic carbocycles. The lowest BCUT2D eigenvalue weighted by Crippen LogP contribution is -2.36. The first kappa shape index (κ1) is 118. The number of carbonyl (C=O) groups excluding carboxylic acids is 7. The number of likely N-dealkylation sites (N-methyl/N-ethyl adjacent to an activating group) is 3. The molecule has 9 aromatic rings. The largest absolute Gasteiger partial charge is 0.492 e. The molecule has 0 atom stereocenters. The molecule has 0 saturated carbocycles. The molecule has 4 saturated heterocycles. The first-order chi connectivity index (χ1) is 65.5. The van der Waals surface area contributed by atoms with Crippen molar-refractivity contribution in [1.82, 2.24) is 34.3 Å². The van der Waals surface area contributed by atoms with Gasteiger partial charge in [0.25, 0.3) is 0 Å². The van der Waals surface area contributed by atoms with Crippen LogP contribution in [0.25, 0.3) is 0 Å². The number of carbonyl (C=O) groups is 7. The Morgan fingerprint density at radius 3 is 0.877 bits per heavy atom. The average molecular weight is 2110 g/mol. The lowest BCUT2D eigenvalue weighted by atomic mass is 10.1. The van der Waals surface area contributed by atoms with E-state index in [-0.39, 0.29) is 48.7 Å². The van der Waals surface area contributed by atoms with E-state index in [1.807, 2.05) is 173 Å². The van der Waals surface area contributed by atoms with Gasteiger partial charge in [0.1, 0.15) is 24.7 Å². The van der Waals surface area contributed by atoms with E-state index in [9.17, 15) is 33.6 Å². The molecule has 4 fully saturated rings. The highest BCUT2D eigenvalue weighted by atomic mass is 35.5. The summed E-state index contributed by atoms with van der Waals surface area (Å²) in [6, 6.07) is 47.4. The average Bonchev–Trinajstić information content (AvgIpc) is 0.857. The number of halogens is 11. The van der Waals surface area contributed by atoms with Gasteiger partial charge in [-0.15, -0.1) is 0 Å². The Kier molecular flexibility index (Phi) is 54.6. The third-order valence-corrected chi connectivity index (χ3v) is 26.1. The quantitative estimate of drug-likeness (QED) is 0.0230.